The van der Waals surface area contributed by atoms with Gasteiger partial charge in [0.15, 0.2) is 0 Å². The van der Waals surface area contributed by atoms with E-state index < -0.39 is 0 Å². The van der Waals surface area contributed by atoms with Gasteiger partial charge in [0, 0.05) is 32.2 Å². The van der Waals surface area contributed by atoms with Crippen molar-refractivity contribution >= 4 is 11.4 Å². The fourth-order valence-electron chi connectivity index (χ4n) is 3.43. The molecule has 0 amide bonds. The Hall–Kier alpha value is -1.66. The number of benzene rings is 1. The number of aryl methyl sites for hydroxylation is 1. The van der Waals surface area contributed by atoms with Gasteiger partial charge >= 0.3 is 0 Å². The lowest BCUT2D eigenvalue weighted by Gasteiger charge is -2.26. The van der Waals surface area contributed by atoms with Crippen molar-refractivity contribution in [3.63, 3.8) is 0 Å². The van der Waals surface area contributed by atoms with Crippen LogP contribution in [0.2, 0.25) is 0 Å². The molecule has 2 aliphatic heterocycles. The molecule has 126 valence electrons. The number of rotatable bonds is 6. The molecule has 6 heteroatoms. The highest BCUT2D eigenvalue weighted by atomic mass is 16.6. The number of nitro groups is 1. The highest BCUT2D eigenvalue weighted by molar-refractivity contribution is 5.64. The largest absolute Gasteiger partial charge is 0.379 e. The smallest absolute Gasteiger partial charge is 0.292 e. The number of nitrogens with zero attached hydrogens (tertiary/aromatic N) is 3. The van der Waals surface area contributed by atoms with Gasteiger partial charge in [-0.15, -0.1) is 0 Å². The van der Waals surface area contributed by atoms with E-state index in [0.717, 1.165) is 82.9 Å². The minimum Gasteiger partial charge on any atom is -0.379 e. The van der Waals surface area contributed by atoms with Crippen LogP contribution in [0.1, 0.15) is 24.8 Å². The number of nitro benzene ring substituents is 1. The first-order chi connectivity index (χ1) is 11.2. The van der Waals surface area contributed by atoms with Gasteiger partial charge < -0.3 is 9.64 Å². The molecule has 2 saturated heterocycles. The first-order valence-electron chi connectivity index (χ1n) is 8.56. The molecule has 0 aliphatic carbocycles. The van der Waals surface area contributed by atoms with E-state index in [1.54, 1.807) is 6.07 Å². The Kier molecular flexibility index (Phi) is 5.46. The standard InChI is InChI=1S/C17H25N3O3/c21-20(22)17-14-15(4-3-7-18-10-12-23-13-11-18)5-6-16(17)19-8-1-2-9-19/h5-6,14H,1-4,7-13H2. The number of ether oxygens (including phenoxy) is 1. The molecule has 0 radical (unpaired) electrons. The van der Waals surface area contributed by atoms with Crippen molar-refractivity contribution in [2.24, 2.45) is 0 Å². The highest BCUT2D eigenvalue weighted by Gasteiger charge is 2.22. The van der Waals surface area contributed by atoms with E-state index in [-0.39, 0.29) is 10.6 Å². The molecule has 3 rings (SSSR count). The zero-order chi connectivity index (χ0) is 16.1. The van der Waals surface area contributed by atoms with E-state index in [9.17, 15) is 10.1 Å². The Morgan fingerprint density at radius 2 is 1.87 bits per heavy atom. The Morgan fingerprint density at radius 1 is 1.13 bits per heavy atom. The maximum absolute atomic E-state index is 11.4. The van der Waals surface area contributed by atoms with Crippen molar-refractivity contribution in [1.29, 1.82) is 0 Å². The van der Waals surface area contributed by atoms with E-state index in [1.165, 1.54) is 0 Å². The Balaban J connectivity index is 1.61. The van der Waals surface area contributed by atoms with Gasteiger partial charge in [0.2, 0.25) is 0 Å². The van der Waals surface area contributed by atoms with Crippen LogP contribution in [-0.2, 0) is 11.2 Å². The summed E-state index contributed by atoms with van der Waals surface area (Å²) in [5.74, 6) is 0. The van der Waals surface area contributed by atoms with Crippen LogP contribution in [-0.4, -0.2) is 55.8 Å². The van der Waals surface area contributed by atoms with Crippen LogP contribution in [0.3, 0.4) is 0 Å². The van der Waals surface area contributed by atoms with Gasteiger partial charge in [-0.3, -0.25) is 15.0 Å². The van der Waals surface area contributed by atoms with Gasteiger partial charge in [-0.05, 0) is 43.9 Å². The van der Waals surface area contributed by atoms with E-state index in [0.29, 0.717) is 0 Å². The second kappa shape index (κ2) is 7.75. The van der Waals surface area contributed by atoms with Crippen molar-refractivity contribution < 1.29 is 9.66 Å². The van der Waals surface area contributed by atoms with E-state index in [2.05, 4.69) is 15.9 Å². The molecule has 6 nitrogen and oxygen atoms in total. The molecule has 0 aromatic heterocycles. The molecule has 0 bridgehead atoms. The number of anilines is 1. The summed E-state index contributed by atoms with van der Waals surface area (Å²) in [6, 6.07) is 5.76. The molecular formula is C17H25N3O3. The van der Waals surface area contributed by atoms with Crippen molar-refractivity contribution in [1.82, 2.24) is 4.90 Å². The lowest BCUT2D eigenvalue weighted by atomic mass is 10.1. The molecule has 2 heterocycles. The van der Waals surface area contributed by atoms with Crippen LogP contribution < -0.4 is 4.90 Å². The summed E-state index contributed by atoms with van der Waals surface area (Å²) in [5.41, 5.74) is 2.10. The maximum Gasteiger partial charge on any atom is 0.292 e. The topological polar surface area (TPSA) is 58.9 Å². The second-order valence-electron chi connectivity index (χ2n) is 6.33. The quantitative estimate of drug-likeness (QED) is 0.595. The molecule has 0 saturated carbocycles. The summed E-state index contributed by atoms with van der Waals surface area (Å²) in [4.78, 5) is 15.7. The van der Waals surface area contributed by atoms with Gasteiger partial charge in [0.05, 0.1) is 18.1 Å². The minimum atomic E-state index is -0.237. The van der Waals surface area contributed by atoms with Gasteiger partial charge in [-0.2, -0.15) is 0 Å². The van der Waals surface area contributed by atoms with E-state index in [1.807, 2.05) is 6.07 Å². The van der Waals surface area contributed by atoms with Crippen molar-refractivity contribution in [2.75, 3.05) is 50.8 Å². The van der Waals surface area contributed by atoms with Crippen LogP contribution in [0.25, 0.3) is 0 Å². The normalized spacial score (nSPS) is 19.2. The van der Waals surface area contributed by atoms with Crippen LogP contribution in [0.4, 0.5) is 11.4 Å². The summed E-state index contributed by atoms with van der Waals surface area (Å²) in [5, 5.41) is 11.4. The third kappa shape index (κ3) is 4.20. The predicted octanol–water partition coefficient (Wildman–Crippen LogP) is 2.46. The molecule has 1 aromatic carbocycles. The lowest BCUT2D eigenvalue weighted by molar-refractivity contribution is -0.384. The minimum absolute atomic E-state index is 0.237. The molecule has 1 aromatic rings. The highest BCUT2D eigenvalue weighted by Crippen LogP contribution is 2.31. The van der Waals surface area contributed by atoms with E-state index >= 15 is 0 Å². The zero-order valence-electron chi connectivity index (χ0n) is 13.6. The van der Waals surface area contributed by atoms with Crippen molar-refractivity contribution in [3.8, 4) is 0 Å². The third-order valence-corrected chi connectivity index (χ3v) is 4.73. The first kappa shape index (κ1) is 16.2. The van der Waals surface area contributed by atoms with Crippen LogP contribution in [0.5, 0.6) is 0 Å². The Bertz CT molecular complexity index is 538. The average molecular weight is 319 g/mol. The molecular weight excluding hydrogens is 294 g/mol. The third-order valence-electron chi connectivity index (χ3n) is 4.73. The zero-order valence-corrected chi connectivity index (χ0v) is 13.6. The summed E-state index contributed by atoms with van der Waals surface area (Å²) >= 11 is 0. The summed E-state index contributed by atoms with van der Waals surface area (Å²) in [6.45, 7) is 6.51. The number of morpholine rings is 1. The van der Waals surface area contributed by atoms with Gasteiger partial charge in [0.1, 0.15) is 5.69 Å². The summed E-state index contributed by atoms with van der Waals surface area (Å²) in [7, 11) is 0. The molecule has 0 spiro atoms. The average Bonchev–Trinajstić information content (AvgIpc) is 3.10. The second-order valence-corrected chi connectivity index (χ2v) is 6.33. The molecule has 0 atom stereocenters. The fourth-order valence-corrected chi connectivity index (χ4v) is 3.43. The predicted molar refractivity (Wildman–Crippen MR) is 90.1 cm³/mol. The summed E-state index contributed by atoms with van der Waals surface area (Å²) in [6.07, 6.45) is 4.16. The lowest BCUT2D eigenvalue weighted by Crippen LogP contribution is -2.36. The molecule has 23 heavy (non-hydrogen) atoms. The van der Waals surface area contributed by atoms with Gasteiger partial charge in [0.25, 0.3) is 5.69 Å². The van der Waals surface area contributed by atoms with Gasteiger partial charge in [-0.25, -0.2) is 0 Å². The maximum atomic E-state index is 11.4. The van der Waals surface area contributed by atoms with Gasteiger partial charge in [-0.1, -0.05) is 6.07 Å². The fraction of sp³-hybridized carbons (Fsp3) is 0.647. The number of hydrogen-bond acceptors (Lipinski definition) is 5. The van der Waals surface area contributed by atoms with Crippen LogP contribution >= 0.6 is 0 Å². The van der Waals surface area contributed by atoms with Crippen molar-refractivity contribution in [2.45, 2.75) is 25.7 Å². The molecule has 0 unspecified atom stereocenters. The van der Waals surface area contributed by atoms with Crippen LogP contribution in [0, 0.1) is 10.1 Å². The van der Waals surface area contributed by atoms with Crippen molar-refractivity contribution in [3.05, 3.63) is 33.9 Å². The Morgan fingerprint density at radius 3 is 2.57 bits per heavy atom. The molecule has 2 aliphatic rings. The SMILES string of the molecule is O=[N+]([O-])c1cc(CCCN2CCOCC2)ccc1N1CCCC1. The van der Waals surface area contributed by atoms with Crippen LogP contribution in [0.15, 0.2) is 18.2 Å². The van der Waals surface area contributed by atoms with E-state index in [4.69, 9.17) is 4.74 Å². The number of hydrogen-bond donors (Lipinski definition) is 0. The molecule has 2 fully saturated rings. The summed E-state index contributed by atoms with van der Waals surface area (Å²) < 4.78 is 5.35. The first-order valence-corrected chi connectivity index (χ1v) is 8.56. The monoisotopic (exact) mass is 319 g/mol. The Labute approximate surface area is 137 Å². The molecule has 0 N–H and O–H groups in total.